The maximum atomic E-state index is 13.9. The zero-order chi connectivity index (χ0) is 23.6. The normalized spacial score (nSPS) is 26.5. The Balaban J connectivity index is 1.32. The van der Waals surface area contributed by atoms with E-state index in [1.54, 1.807) is 18.1 Å². The molecular formula is C28H42F4Si. The van der Waals surface area contributed by atoms with Crippen LogP contribution in [0.15, 0.2) is 18.5 Å². The van der Waals surface area contributed by atoms with Crippen molar-refractivity contribution in [3.05, 3.63) is 41.2 Å². The molecule has 1 saturated heterocycles. The van der Waals surface area contributed by atoms with Gasteiger partial charge in [0, 0.05) is 8.80 Å². The van der Waals surface area contributed by atoms with Gasteiger partial charge in [-0.3, -0.25) is 0 Å². The summed E-state index contributed by atoms with van der Waals surface area (Å²) in [6, 6.07) is 7.03. The number of benzene rings is 1. The number of hydrogen-bond donors (Lipinski definition) is 0. The Bertz CT molecular complexity index is 723. The number of hydrogen-bond acceptors (Lipinski definition) is 0. The van der Waals surface area contributed by atoms with Crippen molar-refractivity contribution in [1.29, 1.82) is 0 Å². The van der Waals surface area contributed by atoms with Crippen molar-refractivity contribution < 1.29 is 17.6 Å². The van der Waals surface area contributed by atoms with Crippen molar-refractivity contribution in [2.24, 2.45) is 17.8 Å². The summed E-state index contributed by atoms with van der Waals surface area (Å²) in [4.78, 5) is 0. The first-order valence-electron chi connectivity index (χ1n) is 13.5. The minimum atomic E-state index is -1.51. The van der Waals surface area contributed by atoms with Crippen molar-refractivity contribution in [2.75, 3.05) is 0 Å². The summed E-state index contributed by atoms with van der Waals surface area (Å²) in [5.41, 5.74) is -0.400. The molecule has 186 valence electrons. The van der Waals surface area contributed by atoms with Crippen LogP contribution >= 0.6 is 0 Å². The summed E-state index contributed by atoms with van der Waals surface area (Å²) < 4.78 is 53.4. The Hall–Kier alpha value is -1.10. The third-order valence-corrected chi connectivity index (χ3v) is 12.0. The van der Waals surface area contributed by atoms with Crippen LogP contribution in [0, 0.1) is 29.4 Å². The zero-order valence-corrected chi connectivity index (χ0v) is 21.5. The minimum Gasteiger partial charge on any atom is -0.212 e. The summed E-state index contributed by atoms with van der Waals surface area (Å²) in [6.45, 7) is 2.30. The lowest BCUT2D eigenvalue weighted by Crippen LogP contribution is -2.28. The second kappa shape index (κ2) is 13.7. The Morgan fingerprint density at radius 1 is 0.909 bits per heavy atom. The molecule has 5 heteroatoms. The highest BCUT2D eigenvalue weighted by Crippen LogP contribution is 2.42. The summed E-state index contributed by atoms with van der Waals surface area (Å²) in [6.07, 6.45) is 16.0. The Labute approximate surface area is 199 Å². The molecule has 0 unspecified atom stereocenters. The second-order valence-corrected chi connectivity index (χ2v) is 14.2. The Kier molecular flexibility index (Phi) is 11.0. The number of unbranched alkanes of at least 4 members (excludes halogenated alkanes) is 3. The molecule has 0 spiro atoms. The highest BCUT2D eigenvalue weighted by atomic mass is 28.3. The van der Waals surface area contributed by atoms with Gasteiger partial charge in [-0.25, -0.2) is 17.6 Å². The lowest BCUT2D eigenvalue weighted by atomic mass is 9.73. The molecule has 1 aromatic rings. The molecule has 0 aromatic heterocycles. The predicted molar refractivity (Wildman–Crippen MR) is 133 cm³/mol. The molecule has 1 saturated carbocycles. The molecule has 0 nitrogen and oxygen atoms in total. The van der Waals surface area contributed by atoms with E-state index in [9.17, 15) is 17.6 Å². The molecule has 0 radical (unpaired) electrons. The topological polar surface area (TPSA) is 0 Å². The Morgan fingerprint density at radius 2 is 1.55 bits per heavy atom. The van der Waals surface area contributed by atoms with E-state index in [0.29, 0.717) is 12.0 Å². The van der Waals surface area contributed by atoms with E-state index < -0.39 is 38.2 Å². The highest BCUT2D eigenvalue weighted by molar-refractivity contribution is 6.58. The molecule has 0 bridgehead atoms. The summed E-state index contributed by atoms with van der Waals surface area (Å²) in [7, 11) is -0.410. The average molecular weight is 483 g/mol. The van der Waals surface area contributed by atoms with E-state index in [4.69, 9.17) is 0 Å². The van der Waals surface area contributed by atoms with E-state index >= 15 is 0 Å². The largest absolute Gasteiger partial charge is 0.212 e. The van der Waals surface area contributed by atoms with Gasteiger partial charge in [0.15, 0.2) is 5.83 Å². The quantitative estimate of drug-likeness (QED) is 0.167. The molecule has 0 atom stereocenters. The lowest BCUT2D eigenvalue weighted by Gasteiger charge is -2.37. The van der Waals surface area contributed by atoms with Crippen LogP contribution in [0.3, 0.4) is 0 Å². The van der Waals surface area contributed by atoms with Gasteiger partial charge in [0.05, 0.1) is 5.56 Å². The van der Waals surface area contributed by atoms with Crippen molar-refractivity contribution in [3.8, 4) is 0 Å². The monoisotopic (exact) mass is 482 g/mol. The van der Waals surface area contributed by atoms with E-state index in [-0.39, 0.29) is 0 Å². The predicted octanol–water partition coefficient (Wildman–Crippen LogP) is 9.55. The smallest absolute Gasteiger partial charge is 0.164 e. The maximum Gasteiger partial charge on any atom is 0.164 e. The van der Waals surface area contributed by atoms with Gasteiger partial charge >= 0.3 is 0 Å². The lowest BCUT2D eigenvalue weighted by molar-refractivity contribution is 0.184. The van der Waals surface area contributed by atoms with Crippen molar-refractivity contribution in [3.63, 3.8) is 0 Å². The Morgan fingerprint density at radius 3 is 2.15 bits per heavy atom. The third kappa shape index (κ3) is 7.97. The van der Waals surface area contributed by atoms with Gasteiger partial charge in [-0.2, -0.15) is 0 Å². The first-order valence-corrected chi connectivity index (χ1v) is 15.9. The number of rotatable bonds is 11. The van der Waals surface area contributed by atoms with E-state index in [1.807, 2.05) is 0 Å². The van der Waals surface area contributed by atoms with Gasteiger partial charge < -0.3 is 0 Å². The van der Waals surface area contributed by atoms with Crippen LogP contribution in [0.5, 0.6) is 0 Å². The third-order valence-electron chi connectivity index (χ3n) is 8.43. The van der Waals surface area contributed by atoms with E-state index in [2.05, 4.69) is 6.92 Å². The molecule has 3 rings (SSSR count). The minimum absolute atomic E-state index is 0.406. The first-order chi connectivity index (χ1) is 16.0. The zero-order valence-electron chi connectivity index (χ0n) is 20.4. The van der Waals surface area contributed by atoms with Crippen LogP contribution in [0.1, 0.15) is 95.1 Å². The van der Waals surface area contributed by atoms with Gasteiger partial charge in [0.2, 0.25) is 0 Å². The molecule has 2 fully saturated rings. The standard InChI is InChI=1S/C28H42F4Si/c1-2-3-6-15-33-16-13-24(14-17-33)23-11-9-21(10-12-23)7-4-5-8-22-18-25(30)28(26(31)19-22)27(32)20-29/h18-21,23-24,33H,2-17H2,1H3. The van der Waals surface area contributed by atoms with Crippen molar-refractivity contribution in [1.82, 2.24) is 0 Å². The van der Waals surface area contributed by atoms with Crippen LogP contribution in [-0.2, 0) is 6.42 Å². The van der Waals surface area contributed by atoms with Gasteiger partial charge in [-0.1, -0.05) is 82.8 Å². The molecule has 1 aliphatic heterocycles. The fourth-order valence-electron chi connectivity index (χ4n) is 6.39. The number of halogens is 4. The van der Waals surface area contributed by atoms with Crippen LogP contribution < -0.4 is 0 Å². The van der Waals surface area contributed by atoms with Gasteiger partial charge in [0.1, 0.15) is 18.0 Å². The fraction of sp³-hybridized carbons (Fsp3) is 0.714. The first kappa shape index (κ1) is 26.5. The maximum absolute atomic E-state index is 13.9. The molecular weight excluding hydrogens is 440 g/mol. The number of aryl methyl sites for hydroxylation is 1. The van der Waals surface area contributed by atoms with E-state index in [0.717, 1.165) is 42.7 Å². The van der Waals surface area contributed by atoms with Crippen LogP contribution in [-0.4, -0.2) is 8.80 Å². The SMILES string of the molecule is CCCCC[SiH]1CCC(C2CCC(CCCCc3cc(F)c(C(F)=CF)c(F)c3)CC2)CC1. The molecule has 33 heavy (non-hydrogen) atoms. The highest BCUT2D eigenvalue weighted by Gasteiger charge is 2.31. The molecule has 1 heterocycles. The molecule has 0 amide bonds. The van der Waals surface area contributed by atoms with Crippen LogP contribution in [0.2, 0.25) is 18.1 Å². The summed E-state index contributed by atoms with van der Waals surface area (Å²) in [5, 5.41) is 0. The molecule has 0 N–H and O–H groups in total. The van der Waals surface area contributed by atoms with Gasteiger partial charge in [-0.05, 0) is 61.1 Å². The average Bonchev–Trinajstić information content (AvgIpc) is 2.82. The van der Waals surface area contributed by atoms with Gasteiger partial charge in [0.25, 0.3) is 0 Å². The fourth-order valence-corrected chi connectivity index (χ4v) is 9.93. The van der Waals surface area contributed by atoms with E-state index in [1.165, 1.54) is 64.2 Å². The van der Waals surface area contributed by atoms with Crippen molar-refractivity contribution in [2.45, 2.75) is 109 Å². The second-order valence-electron chi connectivity index (χ2n) is 10.7. The van der Waals surface area contributed by atoms with Crippen LogP contribution in [0.25, 0.3) is 5.83 Å². The van der Waals surface area contributed by atoms with Gasteiger partial charge in [-0.15, -0.1) is 0 Å². The summed E-state index contributed by atoms with van der Waals surface area (Å²) in [5.74, 6) is -0.838. The molecule has 1 aliphatic carbocycles. The van der Waals surface area contributed by atoms with Crippen molar-refractivity contribution >= 4 is 14.6 Å². The molecule has 2 aliphatic rings. The van der Waals surface area contributed by atoms with Crippen LogP contribution in [0.4, 0.5) is 17.6 Å². The summed E-state index contributed by atoms with van der Waals surface area (Å²) >= 11 is 0. The molecule has 1 aromatic carbocycles.